The molecule has 35 heavy (non-hydrogen) atoms. The lowest BCUT2D eigenvalue weighted by Gasteiger charge is -2.26. The summed E-state index contributed by atoms with van der Waals surface area (Å²) in [4.78, 5) is 29.7. The molecule has 0 spiro atoms. The average molecular weight is 508 g/mol. The Balaban J connectivity index is 1.77. The molecule has 3 aromatic carbocycles. The van der Waals surface area contributed by atoms with Crippen molar-refractivity contribution in [3.8, 4) is 0 Å². The molecule has 1 amide bonds. The number of ketones is 1. The Hall–Kier alpha value is -3.56. The van der Waals surface area contributed by atoms with Crippen LogP contribution in [0.15, 0.2) is 65.6 Å². The van der Waals surface area contributed by atoms with Crippen molar-refractivity contribution < 1.29 is 18.0 Å². The van der Waals surface area contributed by atoms with Crippen molar-refractivity contribution in [1.29, 1.82) is 0 Å². The Morgan fingerprint density at radius 1 is 0.971 bits per heavy atom. The second-order valence-electron chi connectivity index (χ2n) is 8.25. The van der Waals surface area contributed by atoms with E-state index in [4.69, 9.17) is 0 Å². The van der Waals surface area contributed by atoms with E-state index in [1.807, 2.05) is 38.1 Å². The predicted molar refractivity (Wildman–Crippen MR) is 140 cm³/mol. The molecule has 0 unspecified atom stereocenters. The summed E-state index contributed by atoms with van der Waals surface area (Å²) in [6.45, 7) is 6.39. The average Bonchev–Trinajstić information content (AvgIpc) is 3.19. The van der Waals surface area contributed by atoms with Gasteiger partial charge in [-0.1, -0.05) is 59.9 Å². The number of anilines is 2. The standard InChI is InChI=1S/C26H25N3O4S2/c1-16-9-7-13-22(17(16)2)29(15-24(31)28-26-27-18(3)25(34-26)19(4)30)35(32,33)23-14-8-11-20-10-5-6-12-21(20)23/h5-14H,15H2,1-4H3,(H,27,28,31). The van der Waals surface area contributed by atoms with Crippen LogP contribution in [-0.4, -0.2) is 31.6 Å². The maximum absolute atomic E-state index is 14.0. The molecule has 0 aliphatic heterocycles. The summed E-state index contributed by atoms with van der Waals surface area (Å²) >= 11 is 1.07. The number of hydrogen-bond acceptors (Lipinski definition) is 6. The van der Waals surface area contributed by atoms with Gasteiger partial charge in [0, 0.05) is 12.3 Å². The largest absolute Gasteiger partial charge is 0.300 e. The molecule has 0 radical (unpaired) electrons. The minimum atomic E-state index is -4.12. The third-order valence-electron chi connectivity index (χ3n) is 5.81. The van der Waals surface area contributed by atoms with E-state index in [1.165, 1.54) is 6.92 Å². The first-order valence-corrected chi connectivity index (χ1v) is 13.2. The molecular weight excluding hydrogens is 482 g/mol. The van der Waals surface area contributed by atoms with Crippen molar-refractivity contribution in [2.75, 3.05) is 16.2 Å². The summed E-state index contributed by atoms with van der Waals surface area (Å²) in [7, 11) is -4.12. The number of carbonyl (C=O) groups is 2. The van der Waals surface area contributed by atoms with Crippen molar-refractivity contribution in [3.05, 3.63) is 82.4 Å². The number of sulfonamides is 1. The summed E-state index contributed by atoms with van der Waals surface area (Å²) in [5.41, 5.74) is 2.61. The summed E-state index contributed by atoms with van der Waals surface area (Å²) < 4.78 is 29.2. The predicted octanol–water partition coefficient (Wildman–Crippen LogP) is 5.26. The number of hydrogen-bond donors (Lipinski definition) is 1. The molecule has 4 rings (SSSR count). The molecule has 0 aliphatic rings. The number of aryl methyl sites for hydroxylation is 2. The zero-order valence-electron chi connectivity index (χ0n) is 19.8. The maximum Gasteiger partial charge on any atom is 0.265 e. The Morgan fingerprint density at radius 2 is 1.66 bits per heavy atom. The fourth-order valence-corrected chi connectivity index (χ4v) is 6.48. The highest BCUT2D eigenvalue weighted by Crippen LogP contribution is 2.32. The topological polar surface area (TPSA) is 96.4 Å². The molecule has 0 saturated carbocycles. The van der Waals surface area contributed by atoms with Crippen molar-refractivity contribution in [2.45, 2.75) is 32.6 Å². The van der Waals surface area contributed by atoms with Crippen molar-refractivity contribution in [2.24, 2.45) is 0 Å². The highest BCUT2D eigenvalue weighted by Gasteiger charge is 2.30. The van der Waals surface area contributed by atoms with E-state index in [1.54, 1.807) is 43.3 Å². The van der Waals surface area contributed by atoms with Crippen LogP contribution in [0.1, 0.15) is 33.4 Å². The van der Waals surface area contributed by atoms with Crippen LogP contribution in [-0.2, 0) is 14.8 Å². The minimum absolute atomic E-state index is 0.119. The SMILES string of the molecule is CC(=O)c1sc(NC(=O)CN(c2cccc(C)c2C)S(=O)(=O)c2cccc3ccccc23)nc1C. The third kappa shape index (κ3) is 4.82. The zero-order chi connectivity index (χ0) is 25.3. The quantitative estimate of drug-likeness (QED) is 0.344. The van der Waals surface area contributed by atoms with Crippen molar-refractivity contribution in [3.63, 3.8) is 0 Å². The Labute approximate surface area is 208 Å². The van der Waals surface area contributed by atoms with E-state index in [-0.39, 0.29) is 15.8 Å². The molecule has 1 heterocycles. The molecule has 180 valence electrons. The Morgan fingerprint density at radius 3 is 2.37 bits per heavy atom. The molecule has 1 aromatic heterocycles. The van der Waals surface area contributed by atoms with Crippen LogP contribution in [0.5, 0.6) is 0 Å². The molecule has 1 N–H and O–H groups in total. The molecule has 0 fully saturated rings. The van der Waals surface area contributed by atoms with Gasteiger partial charge in [0.25, 0.3) is 10.0 Å². The van der Waals surface area contributed by atoms with Crippen LogP contribution >= 0.6 is 11.3 Å². The third-order valence-corrected chi connectivity index (χ3v) is 8.80. The number of Topliss-reactive ketones (excluding diaryl/α,β-unsaturated/α-hetero) is 1. The summed E-state index contributed by atoms with van der Waals surface area (Å²) in [6, 6.07) is 17.7. The molecule has 0 bridgehead atoms. The lowest BCUT2D eigenvalue weighted by atomic mass is 10.1. The number of aromatic nitrogens is 1. The second-order valence-corrected chi connectivity index (χ2v) is 11.1. The number of thiazole rings is 1. The smallest absolute Gasteiger partial charge is 0.265 e. The lowest BCUT2D eigenvalue weighted by molar-refractivity contribution is -0.114. The molecule has 7 nitrogen and oxygen atoms in total. The number of benzene rings is 3. The van der Waals surface area contributed by atoms with Gasteiger partial charge in [0.1, 0.15) is 6.54 Å². The van der Waals surface area contributed by atoms with Crippen LogP contribution < -0.4 is 9.62 Å². The van der Waals surface area contributed by atoms with Gasteiger partial charge in [0.2, 0.25) is 5.91 Å². The van der Waals surface area contributed by atoms with E-state index >= 15 is 0 Å². The highest BCUT2D eigenvalue weighted by atomic mass is 32.2. The van der Waals surface area contributed by atoms with Crippen LogP contribution in [0, 0.1) is 20.8 Å². The number of nitrogens with one attached hydrogen (secondary N) is 1. The molecule has 4 aromatic rings. The number of carbonyl (C=O) groups excluding carboxylic acids is 2. The van der Waals surface area contributed by atoms with E-state index in [2.05, 4.69) is 10.3 Å². The van der Waals surface area contributed by atoms with Crippen LogP contribution in [0.2, 0.25) is 0 Å². The van der Waals surface area contributed by atoms with Crippen molar-refractivity contribution in [1.82, 2.24) is 4.98 Å². The number of rotatable bonds is 7. The van der Waals surface area contributed by atoms with Gasteiger partial charge >= 0.3 is 0 Å². The van der Waals surface area contributed by atoms with Gasteiger partial charge in [0.15, 0.2) is 10.9 Å². The lowest BCUT2D eigenvalue weighted by Crippen LogP contribution is -2.38. The first-order chi connectivity index (χ1) is 16.6. The summed E-state index contributed by atoms with van der Waals surface area (Å²) in [5.74, 6) is -0.699. The number of nitrogens with zero attached hydrogens (tertiary/aromatic N) is 2. The van der Waals surface area contributed by atoms with Crippen molar-refractivity contribution >= 4 is 54.6 Å². The highest BCUT2D eigenvalue weighted by molar-refractivity contribution is 7.93. The first-order valence-electron chi connectivity index (χ1n) is 10.9. The Bertz CT molecular complexity index is 1550. The van der Waals surface area contributed by atoms with Gasteiger partial charge in [-0.2, -0.15) is 0 Å². The monoisotopic (exact) mass is 507 g/mol. The molecule has 0 saturated heterocycles. The molecule has 0 aliphatic carbocycles. The fraction of sp³-hybridized carbons (Fsp3) is 0.192. The molecule has 0 atom stereocenters. The Kier molecular flexibility index (Phi) is 6.73. The maximum atomic E-state index is 14.0. The second kappa shape index (κ2) is 9.59. The van der Waals surface area contributed by atoms with Gasteiger partial charge < -0.3 is 5.32 Å². The zero-order valence-corrected chi connectivity index (χ0v) is 21.5. The van der Waals surface area contributed by atoms with E-state index < -0.39 is 22.5 Å². The van der Waals surface area contributed by atoms with Gasteiger partial charge in [-0.15, -0.1) is 0 Å². The van der Waals surface area contributed by atoms with Crippen LogP contribution in [0.3, 0.4) is 0 Å². The summed E-state index contributed by atoms with van der Waals surface area (Å²) in [5, 5.41) is 4.28. The number of fused-ring (bicyclic) bond motifs is 1. The minimum Gasteiger partial charge on any atom is -0.300 e. The number of amides is 1. The normalized spacial score (nSPS) is 11.4. The van der Waals surface area contributed by atoms with E-state index in [0.29, 0.717) is 21.6 Å². The summed E-state index contributed by atoms with van der Waals surface area (Å²) in [6.07, 6.45) is 0. The van der Waals surface area contributed by atoms with E-state index in [0.717, 1.165) is 32.2 Å². The molecular formula is C26H25N3O4S2. The van der Waals surface area contributed by atoms with E-state index in [9.17, 15) is 18.0 Å². The van der Waals surface area contributed by atoms with Gasteiger partial charge in [-0.25, -0.2) is 13.4 Å². The first kappa shape index (κ1) is 24.6. The van der Waals surface area contributed by atoms with Crippen LogP contribution in [0.4, 0.5) is 10.8 Å². The molecule has 9 heteroatoms. The van der Waals surface area contributed by atoms with Gasteiger partial charge in [-0.3, -0.25) is 13.9 Å². The van der Waals surface area contributed by atoms with Crippen LogP contribution in [0.25, 0.3) is 10.8 Å². The fourth-order valence-electron chi connectivity index (χ4n) is 3.91. The van der Waals surface area contributed by atoms with Gasteiger partial charge in [-0.05, 0) is 49.4 Å². The van der Waals surface area contributed by atoms with Gasteiger partial charge in [0.05, 0.1) is 21.2 Å².